The van der Waals surface area contributed by atoms with Crippen molar-refractivity contribution in [3.63, 3.8) is 0 Å². The predicted octanol–water partition coefficient (Wildman–Crippen LogP) is 2.56. The molecule has 0 saturated carbocycles. The number of hydrogen-bond donors (Lipinski definition) is 0. The molecular weight excluding hydrogens is 366 g/mol. The lowest BCUT2D eigenvalue weighted by atomic mass is 9.99. The Labute approximate surface area is 171 Å². The number of ether oxygens (including phenoxy) is 1. The van der Waals surface area contributed by atoms with Gasteiger partial charge in [-0.05, 0) is 36.9 Å². The zero-order chi connectivity index (χ0) is 20.4. The van der Waals surface area contributed by atoms with Gasteiger partial charge in [-0.2, -0.15) is 0 Å². The van der Waals surface area contributed by atoms with Crippen molar-refractivity contribution < 1.29 is 14.3 Å². The summed E-state index contributed by atoms with van der Waals surface area (Å²) < 4.78 is 5.19. The van der Waals surface area contributed by atoms with Crippen LogP contribution in [0.3, 0.4) is 0 Å². The SMILES string of the molecule is COc1ccc(N2C[C@@H](C(=O)N3CCN(C)C[C@@H]3c3ccccc3)CC2=O)cc1. The molecule has 0 bridgehead atoms. The molecule has 0 aromatic heterocycles. The number of carbonyl (C=O) groups is 2. The molecule has 0 radical (unpaired) electrons. The summed E-state index contributed by atoms with van der Waals surface area (Å²) in [7, 11) is 3.70. The minimum atomic E-state index is -0.306. The number of hydrogen-bond acceptors (Lipinski definition) is 4. The number of benzene rings is 2. The Bertz CT molecular complexity index is 869. The average Bonchev–Trinajstić information content (AvgIpc) is 3.15. The molecule has 0 aliphatic carbocycles. The van der Waals surface area contributed by atoms with Crippen LogP contribution in [0.4, 0.5) is 5.69 Å². The van der Waals surface area contributed by atoms with Crippen molar-refractivity contribution in [3.05, 3.63) is 60.2 Å². The highest BCUT2D eigenvalue weighted by molar-refractivity contribution is 6.00. The molecule has 152 valence electrons. The first-order chi connectivity index (χ1) is 14.1. The third kappa shape index (κ3) is 3.98. The number of likely N-dealkylation sites (N-methyl/N-ethyl adjacent to an activating group) is 1. The smallest absolute Gasteiger partial charge is 0.228 e. The van der Waals surface area contributed by atoms with Gasteiger partial charge < -0.3 is 19.4 Å². The van der Waals surface area contributed by atoms with Crippen LogP contribution in [0.15, 0.2) is 54.6 Å². The fourth-order valence-corrected chi connectivity index (χ4v) is 4.26. The lowest BCUT2D eigenvalue weighted by Gasteiger charge is -2.41. The average molecular weight is 393 g/mol. The first-order valence-electron chi connectivity index (χ1n) is 10.0. The molecule has 2 atom stereocenters. The lowest BCUT2D eigenvalue weighted by molar-refractivity contribution is -0.140. The van der Waals surface area contributed by atoms with Crippen LogP contribution in [0.5, 0.6) is 5.75 Å². The van der Waals surface area contributed by atoms with Crippen molar-refractivity contribution in [2.75, 3.05) is 45.2 Å². The number of rotatable bonds is 4. The van der Waals surface area contributed by atoms with Crippen LogP contribution in [0.1, 0.15) is 18.0 Å². The summed E-state index contributed by atoms with van der Waals surface area (Å²) in [6.45, 7) is 2.76. The number of carbonyl (C=O) groups excluding carboxylic acids is 2. The molecule has 29 heavy (non-hydrogen) atoms. The van der Waals surface area contributed by atoms with Gasteiger partial charge in [0, 0.05) is 38.3 Å². The maximum atomic E-state index is 13.4. The molecule has 2 saturated heterocycles. The van der Waals surface area contributed by atoms with Crippen molar-refractivity contribution in [1.29, 1.82) is 0 Å². The fourth-order valence-electron chi connectivity index (χ4n) is 4.26. The molecule has 2 aromatic rings. The van der Waals surface area contributed by atoms with Gasteiger partial charge in [0.1, 0.15) is 5.75 Å². The number of anilines is 1. The quantitative estimate of drug-likeness (QED) is 0.801. The number of nitrogens with zero attached hydrogens (tertiary/aromatic N) is 3. The second-order valence-electron chi connectivity index (χ2n) is 7.82. The molecular formula is C23H27N3O3. The molecule has 6 heteroatoms. The van der Waals surface area contributed by atoms with Crippen molar-refractivity contribution in [2.45, 2.75) is 12.5 Å². The summed E-state index contributed by atoms with van der Waals surface area (Å²) in [6.07, 6.45) is 0.263. The van der Waals surface area contributed by atoms with E-state index >= 15 is 0 Å². The monoisotopic (exact) mass is 393 g/mol. The van der Waals surface area contributed by atoms with Crippen LogP contribution < -0.4 is 9.64 Å². The Morgan fingerprint density at radius 3 is 2.41 bits per heavy atom. The van der Waals surface area contributed by atoms with E-state index in [1.54, 1.807) is 12.0 Å². The Balaban J connectivity index is 1.51. The summed E-state index contributed by atoms with van der Waals surface area (Å²) in [6, 6.07) is 17.6. The van der Waals surface area contributed by atoms with Crippen LogP contribution in [-0.2, 0) is 9.59 Å². The first kappa shape index (κ1) is 19.5. The fraction of sp³-hybridized carbons (Fsp3) is 0.391. The zero-order valence-electron chi connectivity index (χ0n) is 17.0. The minimum absolute atomic E-state index is 0.00101. The molecule has 4 rings (SSSR count). The van der Waals surface area contributed by atoms with Crippen LogP contribution in [0.25, 0.3) is 0 Å². The molecule has 2 aliphatic rings. The summed E-state index contributed by atoms with van der Waals surface area (Å²) in [5.74, 6) is 0.519. The van der Waals surface area contributed by atoms with Crippen molar-refractivity contribution in [2.24, 2.45) is 5.92 Å². The van der Waals surface area contributed by atoms with Crippen molar-refractivity contribution in [1.82, 2.24) is 9.80 Å². The highest BCUT2D eigenvalue weighted by atomic mass is 16.5. The van der Waals surface area contributed by atoms with E-state index in [-0.39, 0.29) is 30.2 Å². The lowest BCUT2D eigenvalue weighted by Crippen LogP contribution is -2.51. The Morgan fingerprint density at radius 2 is 1.72 bits per heavy atom. The second kappa shape index (κ2) is 8.25. The van der Waals surface area contributed by atoms with E-state index in [1.807, 2.05) is 47.4 Å². The van der Waals surface area contributed by atoms with Gasteiger partial charge in [-0.1, -0.05) is 30.3 Å². The standard InChI is InChI=1S/C23H27N3O3/c1-24-12-13-25(21(16-24)17-6-4-3-5-7-17)23(28)18-14-22(27)26(15-18)19-8-10-20(29-2)11-9-19/h3-11,18,21H,12-16H2,1-2H3/t18-,21+/m0/s1. The van der Waals surface area contributed by atoms with Gasteiger partial charge in [-0.15, -0.1) is 0 Å². The molecule has 2 aromatic carbocycles. The highest BCUT2D eigenvalue weighted by Crippen LogP contribution is 2.31. The molecule has 0 spiro atoms. The molecule has 2 aliphatic heterocycles. The summed E-state index contributed by atoms with van der Waals surface area (Å²) in [5.41, 5.74) is 1.95. The molecule has 0 unspecified atom stereocenters. The maximum absolute atomic E-state index is 13.4. The predicted molar refractivity (Wildman–Crippen MR) is 112 cm³/mol. The Morgan fingerprint density at radius 1 is 1.00 bits per heavy atom. The van der Waals surface area contributed by atoms with Gasteiger partial charge in [0.2, 0.25) is 11.8 Å². The van der Waals surface area contributed by atoms with Crippen molar-refractivity contribution in [3.8, 4) is 5.75 Å². The molecule has 2 heterocycles. The topological polar surface area (TPSA) is 53.1 Å². The van der Waals surface area contributed by atoms with Crippen LogP contribution in [-0.4, -0.2) is 62.0 Å². The number of methoxy groups -OCH3 is 1. The van der Waals surface area contributed by atoms with E-state index in [0.717, 1.165) is 30.1 Å². The van der Waals surface area contributed by atoms with E-state index in [2.05, 4.69) is 24.1 Å². The summed E-state index contributed by atoms with van der Waals surface area (Å²) in [4.78, 5) is 32.0. The van der Waals surface area contributed by atoms with Gasteiger partial charge in [-0.25, -0.2) is 0 Å². The van der Waals surface area contributed by atoms with Gasteiger partial charge >= 0.3 is 0 Å². The van der Waals surface area contributed by atoms with Gasteiger partial charge in [-0.3, -0.25) is 9.59 Å². The molecule has 2 amide bonds. The normalized spacial score (nSPS) is 22.8. The molecule has 2 fully saturated rings. The van der Waals surface area contributed by atoms with Gasteiger partial charge in [0.25, 0.3) is 0 Å². The van der Waals surface area contributed by atoms with E-state index in [0.29, 0.717) is 13.1 Å². The second-order valence-corrected chi connectivity index (χ2v) is 7.82. The van der Waals surface area contributed by atoms with Crippen LogP contribution in [0.2, 0.25) is 0 Å². The largest absolute Gasteiger partial charge is 0.497 e. The molecule has 0 N–H and O–H groups in total. The van der Waals surface area contributed by atoms with Gasteiger partial charge in [0.05, 0.1) is 19.1 Å². The number of amides is 2. The van der Waals surface area contributed by atoms with Crippen molar-refractivity contribution >= 4 is 17.5 Å². The first-order valence-corrected chi connectivity index (χ1v) is 10.0. The van der Waals surface area contributed by atoms with Crippen LogP contribution >= 0.6 is 0 Å². The van der Waals surface area contributed by atoms with Gasteiger partial charge in [0.15, 0.2) is 0 Å². The summed E-state index contributed by atoms with van der Waals surface area (Å²) in [5, 5.41) is 0. The van der Waals surface area contributed by atoms with E-state index in [1.165, 1.54) is 0 Å². The van der Waals surface area contributed by atoms with E-state index in [4.69, 9.17) is 4.74 Å². The third-order valence-electron chi connectivity index (χ3n) is 5.91. The maximum Gasteiger partial charge on any atom is 0.228 e. The Hall–Kier alpha value is -2.86. The van der Waals surface area contributed by atoms with E-state index in [9.17, 15) is 9.59 Å². The van der Waals surface area contributed by atoms with E-state index < -0.39 is 0 Å². The number of piperazine rings is 1. The zero-order valence-corrected chi connectivity index (χ0v) is 17.0. The summed E-state index contributed by atoms with van der Waals surface area (Å²) >= 11 is 0. The third-order valence-corrected chi connectivity index (χ3v) is 5.91. The van der Waals surface area contributed by atoms with Crippen LogP contribution in [0, 0.1) is 5.92 Å². The Kier molecular flexibility index (Phi) is 5.53. The molecule has 6 nitrogen and oxygen atoms in total. The highest BCUT2D eigenvalue weighted by Gasteiger charge is 2.40. The minimum Gasteiger partial charge on any atom is -0.497 e.